The van der Waals surface area contributed by atoms with Crippen molar-refractivity contribution in [1.29, 1.82) is 0 Å². The average Bonchev–Trinajstić information content (AvgIpc) is 2.78. The molecule has 1 heterocycles. The van der Waals surface area contributed by atoms with Gasteiger partial charge in [-0.2, -0.15) is 0 Å². The van der Waals surface area contributed by atoms with Gasteiger partial charge in [-0.25, -0.2) is 4.79 Å². The molecule has 2 rings (SSSR count). The Labute approximate surface area is 127 Å². The standard InChI is InChI=1S/C15H17N3O4/c1-8-5-4-6-11(7-8)17-14(19)10(3)21-15(20)12-9(2)18-22-13(12)16/h4-7,10H,16H2,1-3H3,(H,17,19). The Morgan fingerprint density at radius 1 is 1.36 bits per heavy atom. The summed E-state index contributed by atoms with van der Waals surface area (Å²) in [6, 6.07) is 7.30. The lowest BCUT2D eigenvalue weighted by Gasteiger charge is -2.13. The van der Waals surface area contributed by atoms with Crippen LogP contribution < -0.4 is 11.1 Å². The van der Waals surface area contributed by atoms with Gasteiger partial charge >= 0.3 is 5.97 Å². The fourth-order valence-corrected chi connectivity index (χ4v) is 1.88. The number of esters is 1. The van der Waals surface area contributed by atoms with E-state index in [-0.39, 0.29) is 11.4 Å². The van der Waals surface area contributed by atoms with Crippen molar-refractivity contribution in [3.63, 3.8) is 0 Å². The van der Waals surface area contributed by atoms with Crippen LogP contribution >= 0.6 is 0 Å². The fraction of sp³-hybridized carbons (Fsp3) is 0.267. The maximum absolute atomic E-state index is 12.0. The molecule has 2 aromatic rings. The van der Waals surface area contributed by atoms with Crippen LogP contribution in [-0.2, 0) is 9.53 Å². The van der Waals surface area contributed by atoms with Crippen molar-refractivity contribution < 1.29 is 18.8 Å². The molecular formula is C15H17N3O4. The van der Waals surface area contributed by atoms with Crippen LogP contribution in [0.3, 0.4) is 0 Å². The van der Waals surface area contributed by atoms with Gasteiger partial charge in [0.1, 0.15) is 5.56 Å². The van der Waals surface area contributed by atoms with E-state index in [2.05, 4.69) is 10.5 Å². The predicted molar refractivity (Wildman–Crippen MR) is 80.3 cm³/mol. The molecule has 0 bridgehead atoms. The van der Waals surface area contributed by atoms with E-state index in [1.165, 1.54) is 6.92 Å². The van der Waals surface area contributed by atoms with Crippen LogP contribution in [0.5, 0.6) is 0 Å². The molecular weight excluding hydrogens is 286 g/mol. The van der Waals surface area contributed by atoms with Crippen molar-refractivity contribution in [2.24, 2.45) is 0 Å². The van der Waals surface area contributed by atoms with Gasteiger partial charge in [0.15, 0.2) is 6.10 Å². The van der Waals surface area contributed by atoms with E-state index in [0.717, 1.165) is 5.56 Å². The Kier molecular flexibility index (Phi) is 4.45. The minimum absolute atomic E-state index is 0.0372. The van der Waals surface area contributed by atoms with E-state index in [1.807, 2.05) is 25.1 Å². The molecule has 0 aliphatic heterocycles. The van der Waals surface area contributed by atoms with Crippen molar-refractivity contribution in [2.75, 3.05) is 11.1 Å². The number of anilines is 2. The lowest BCUT2D eigenvalue weighted by atomic mass is 10.2. The summed E-state index contributed by atoms with van der Waals surface area (Å²) in [4.78, 5) is 24.0. The molecule has 22 heavy (non-hydrogen) atoms. The molecule has 0 saturated carbocycles. The van der Waals surface area contributed by atoms with Crippen LogP contribution in [0, 0.1) is 13.8 Å². The summed E-state index contributed by atoms with van der Waals surface area (Å²) in [5.74, 6) is -1.32. The number of aryl methyl sites for hydroxylation is 2. The monoisotopic (exact) mass is 303 g/mol. The van der Waals surface area contributed by atoms with Crippen molar-refractivity contribution in [1.82, 2.24) is 5.16 Å². The summed E-state index contributed by atoms with van der Waals surface area (Å²) in [5, 5.41) is 6.24. The third-order valence-electron chi connectivity index (χ3n) is 3.03. The second kappa shape index (κ2) is 6.30. The van der Waals surface area contributed by atoms with Gasteiger partial charge in [0.05, 0.1) is 5.69 Å². The summed E-state index contributed by atoms with van der Waals surface area (Å²) in [7, 11) is 0. The van der Waals surface area contributed by atoms with E-state index >= 15 is 0 Å². The minimum atomic E-state index is -0.985. The SMILES string of the molecule is Cc1cccc(NC(=O)C(C)OC(=O)c2c(C)noc2N)c1. The molecule has 1 atom stereocenters. The highest BCUT2D eigenvalue weighted by Gasteiger charge is 2.24. The van der Waals surface area contributed by atoms with Crippen molar-refractivity contribution in [3.8, 4) is 0 Å². The first-order chi connectivity index (χ1) is 10.4. The molecule has 7 heteroatoms. The van der Waals surface area contributed by atoms with Crippen molar-refractivity contribution in [3.05, 3.63) is 41.1 Å². The smallest absolute Gasteiger partial charge is 0.346 e. The number of nitrogens with zero attached hydrogens (tertiary/aromatic N) is 1. The summed E-state index contributed by atoms with van der Waals surface area (Å²) >= 11 is 0. The Hall–Kier alpha value is -2.83. The normalized spacial score (nSPS) is 11.8. The average molecular weight is 303 g/mol. The maximum Gasteiger partial charge on any atom is 0.346 e. The van der Waals surface area contributed by atoms with Gasteiger partial charge in [0, 0.05) is 5.69 Å². The summed E-state index contributed by atoms with van der Waals surface area (Å²) < 4.78 is 9.78. The Bertz CT molecular complexity index is 689. The highest BCUT2D eigenvalue weighted by atomic mass is 16.5. The maximum atomic E-state index is 12.0. The van der Waals surface area contributed by atoms with Crippen molar-refractivity contribution in [2.45, 2.75) is 26.9 Å². The van der Waals surface area contributed by atoms with Gasteiger partial charge in [0.2, 0.25) is 5.88 Å². The number of nitrogens with two attached hydrogens (primary N) is 1. The number of nitrogens with one attached hydrogen (secondary N) is 1. The number of benzene rings is 1. The van der Waals surface area contributed by atoms with E-state index < -0.39 is 18.0 Å². The first kappa shape index (κ1) is 15.6. The number of aromatic nitrogens is 1. The molecule has 116 valence electrons. The van der Waals surface area contributed by atoms with E-state index in [9.17, 15) is 9.59 Å². The molecule has 1 amide bonds. The third kappa shape index (κ3) is 3.43. The zero-order chi connectivity index (χ0) is 16.3. The predicted octanol–water partition coefficient (Wildman–Crippen LogP) is 2.06. The largest absolute Gasteiger partial charge is 0.449 e. The van der Waals surface area contributed by atoms with Gasteiger partial charge in [-0.3, -0.25) is 4.79 Å². The van der Waals surface area contributed by atoms with Gasteiger partial charge < -0.3 is 20.3 Å². The molecule has 3 N–H and O–H groups in total. The summed E-state index contributed by atoms with van der Waals surface area (Å²) in [5.41, 5.74) is 7.50. The van der Waals surface area contributed by atoms with Crippen LogP contribution in [0.1, 0.15) is 28.5 Å². The van der Waals surface area contributed by atoms with Crippen LogP contribution in [0.2, 0.25) is 0 Å². The number of rotatable bonds is 4. The highest BCUT2D eigenvalue weighted by Crippen LogP contribution is 2.18. The van der Waals surface area contributed by atoms with Gasteiger partial charge in [-0.15, -0.1) is 0 Å². The highest BCUT2D eigenvalue weighted by molar-refractivity contribution is 5.99. The number of amides is 1. The Morgan fingerprint density at radius 3 is 2.68 bits per heavy atom. The molecule has 1 unspecified atom stereocenters. The zero-order valence-corrected chi connectivity index (χ0v) is 12.5. The van der Waals surface area contributed by atoms with Crippen LogP contribution in [-0.4, -0.2) is 23.1 Å². The second-order valence-corrected chi connectivity index (χ2v) is 4.91. The van der Waals surface area contributed by atoms with E-state index in [0.29, 0.717) is 11.4 Å². The number of hydrogen-bond acceptors (Lipinski definition) is 6. The van der Waals surface area contributed by atoms with Gasteiger partial charge in [-0.05, 0) is 38.5 Å². The molecule has 0 radical (unpaired) electrons. The van der Waals surface area contributed by atoms with Crippen LogP contribution in [0.15, 0.2) is 28.8 Å². The lowest BCUT2D eigenvalue weighted by Crippen LogP contribution is -2.30. The zero-order valence-electron chi connectivity index (χ0n) is 12.5. The molecule has 1 aromatic heterocycles. The van der Waals surface area contributed by atoms with Gasteiger partial charge in [-0.1, -0.05) is 17.3 Å². The number of ether oxygens (including phenoxy) is 1. The number of hydrogen-bond donors (Lipinski definition) is 2. The molecule has 0 aliphatic carbocycles. The molecule has 1 aromatic carbocycles. The van der Waals surface area contributed by atoms with E-state index in [1.54, 1.807) is 13.0 Å². The van der Waals surface area contributed by atoms with Crippen LogP contribution in [0.4, 0.5) is 11.6 Å². The first-order valence-corrected chi connectivity index (χ1v) is 6.68. The third-order valence-corrected chi connectivity index (χ3v) is 3.03. The Balaban J connectivity index is 2.01. The summed E-state index contributed by atoms with van der Waals surface area (Å²) in [6.45, 7) is 4.95. The molecule has 0 aliphatic rings. The lowest BCUT2D eigenvalue weighted by molar-refractivity contribution is -0.123. The second-order valence-electron chi connectivity index (χ2n) is 4.91. The van der Waals surface area contributed by atoms with Crippen molar-refractivity contribution >= 4 is 23.4 Å². The number of carbonyl (C=O) groups excluding carboxylic acids is 2. The molecule has 7 nitrogen and oxygen atoms in total. The Morgan fingerprint density at radius 2 is 2.09 bits per heavy atom. The van der Waals surface area contributed by atoms with E-state index in [4.69, 9.17) is 15.0 Å². The van der Waals surface area contributed by atoms with Gasteiger partial charge in [0.25, 0.3) is 5.91 Å². The number of carbonyl (C=O) groups is 2. The van der Waals surface area contributed by atoms with Crippen LogP contribution in [0.25, 0.3) is 0 Å². The topological polar surface area (TPSA) is 107 Å². The quantitative estimate of drug-likeness (QED) is 0.837. The molecule has 0 spiro atoms. The summed E-state index contributed by atoms with van der Waals surface area (Å²) in [6.07, 6.45) is -0.985. The minimum Gasteiger partial charge on any atom is -0.449 e. The molecule has 0 saturated heterocycles. The first-order valence-electron chi connectivity index (χ1n) is 6.68. The number of nitrogen functional groups attached to an aromatic ring is 1. The fourth-order valence-electron chi connectivity index (χ4n) is 1.88. The molecule has 0 fully saturated rings.